The van der Waals surface area contributed by atoms with Gasteiger partial charge < -0.3 is 11.5 Å². The number of benzene rings is 2. The number of hydrogen-bond acceptors (Lipinski definition) is 2. The van der Waals surface area contributed by atoms with Gasteiger partial charge in [-0.25, -0.2) is 0 Å². The molecule has 0 aliphatic heterocycles. The van der Waals surface area contributed by atoms with Crippen LogP contribution in [-0.2, 0) is 32.7 Å². The summed E-state index contributed by atoms with van der Waals surface area (Å²) in [4.78, 5) is 0. The van der Waals surface area contributed by atoms with Crippen molar-refractivity contribution in [3.63, 3.8) is 0 Å². The van der Waals surface area contributed by atoms with Crippen LogP contribution in [0.25, 0.3) is 0 Å². The molecular weight excluding hydrogens is 261 g/mol. The van der Waals surface area contributed by atoms with Crippen LogP contribution in [0.1, 0.15) is 0 Å². The van der Waals surface area contributed by atoms with E-state index in [1.807, 2.05) is 0 Å². The summed E-state index contributed by atoms with van der Waals surface area (Å²) in [5, 5.41) is 0. The number of nitrogen functional groups attached to an aromatic ring is 2. The van der Waals surface area contributed by atoms with Gasteiger partial charge in [-0.2, -0.15) is 36.4 Å². The molecule has 0 aliphatic carbocycles. The smallest absolute Gasteiger partial charge is 0 e. The van der Waals surface area contributed by atoms with Gasteiger partial charge in [0.05, 0.1) is 0 Å². The van der Waals surface area contributed by atoms with Gasteiger partial charge >= 0.3 is 0 Å². The summed E-state index contributed by atoms with van der Waals surface area (Å²) in [5.74, 6) is 0. The van der Waals surface area contributed by atoms with E-state index in [9.17, 15) is 0 Å². The molecule has 0 unspecified atom stereocenters. The maximum absolute atomic E-state index is 5.34. The number of hydrogen-bond donors (Lipinski definition) is 2. The van der Waals surface area contributed by atoms with Gasteiger partial charge in [0.2, 0.25) is 0 Å². The van der Waals surface area contributed by atoms with Crippen molar-refractivity contribution in [2.24, 2.45) is 0 Å². The normalized spacial score (nSPS) is 8.00. The first kappa shape index (κ1) is 14.1. The van der Waals surface area contributed by atoms with Gasteiger partial charge in [-0.1, -0.05) is 11.4 Å². The molecule has 0 heterocycles. The van der Waals surface area contributed by atoms with Gasteiger partial charge in [-0.05, 0) is 0 Å². The van der Waals surface area contributed by atoms with E-state index >= 15 is 0 Å². The van der Waals surface area contributed by atoms with Crippen molar-refractivity contribution in [2.45, 2.75) is 0 Å². The molecule has 0 aliphatic rings. The van der Waals surface area contributed by atoms with Crippen molar-refractivity contribution >= 4 is 11.4 Å². The fourth-order valence-corrected chi connectivity index (χ4v) is 0.800. The average molecular weight is 273 g/mol. The summed E-state index contributed by atoms with van der Waals surface area (Å²) in [6, 6.07) is 20.1. The molecule has 0 spiro atoms. The van der Waals surface area contributed by atoms with Gasteiger partial charge in [0.25, 0.3) is 0 Å². The average Bonchev–Trinajstić information content (AvgIpc) is 2.21. The van der Waals surface area contributed by atoms with Gasteiger partial charge in [0.1, 0.15) is 0 Å². The van der Waals surface area contributed by atoms with Crippen molar-refractivity contribution in [2.75, 3.05) is 11.5 Å². The molecule has 2 rings (SSSR count). The van der Waals surface area contributed by atoms with Crippen molar-refractivity contribution in [1.29, 1.82) is 0 Å². The fourth-order valence-electron chi connectivity index (χ4n) is 0.800. The monoisotopic (exact) mass is 273 g/mol. The van der Waals surface area contributed by atoms with Crippen LogP contribution in [0.3, 0.4) is 0 Å². The molecule has 2 aromatic rings. The number of rotatable bonds is 0. The first-order valence-corrected chi connectivity index (χ1v) is 4.22. The first-order valence-electron chi connectivity index (χ1n) is 4.22. The van der Waals surface area contributed by atoms with E-state index in [0.29, 0.717) is 0 Å². The van der Waals surface area contributed by atoms with Crippen LogP contribution < -0.4 is 11.5 Å². The Morgan fingerprint density at radius 2 is 0.933 bits per heavy atom. The molecular formula is C12H12N2Y-2. The summed E-state index contributed by atoms with van der Waals surface area (Å²) in [7, 11) is 0. The Labute approximate surface area is 116 Å². The van der Waals surface area contributed by atoms with Crippen LogP contribution in [0.5, 0.6) is 0 Å². The molecule has 2 aromatic carbocycles. The summed E-state index contributed by atoms with van der Waals surface area (Å²) in [6.45, 7) is 0. The standard InChI is InChI=1S/2C6H6N.Y/c2*7-6-4-2-1-3-5-6;/h2*2-5H,7H2;/q2*-1;. The molecule has 0 amide bonds. The minimum absolute atomic E-state index is 0. The topological polar surface area (TPSA) is 52.0 Å². The zero-order valence-electron chi connectivity index (χ0n) is 8.35. The molecule has 0 bridgehead atoms. The van der Waals surface area contributed by atoms with Crippen LogP contribution >= 0.6 is 0 Å². The minimum atomic E-state index is 0. The van der Waals surface area contributed by atoms with Crippen LogP contribution in [0, 0.1) is 12.1 Å². The second-order valence-corrected chi connectivity index (χ2v) is 2.67. The van der Waals surface area contributed by atoms with E-state index in [-0.39, 0.29) is 32.7 Å². The molecule has 0 aromatic heterocycles. The molecule has 1 radical (unpaired) electrons. The quantitative estimate of drug-likeness (QED) is 0.570. The Balaban J connectivity index is 0.000000245. The van der Waals surface area contributed by atoms with E-state index in [0.717, 1.165) is 11.4 Å². The second-order valence-electron chi connectivity index (χ2n) is 2.67. The third-order valence-electron chi connectivity index (χ3n) is 1.49. The van der Waals surface area contributed by atoms with Crippen molar-refractivity contribution in [3.8, 4) is 0 Å². The Morgan fingerprint density at radius 3 is 1.07 bits per heavy atom. The zero-order chi connectivity index (χ0) is 10.2. The first-order chi connectivity index (χ1) is 6.79. The predicted molar refractivity (Wildman–Crippen MR) is 59.4 cm³/mol. The van der Waals surface area contributed by atoms with Gasteiger partial charge in [-0.15, -0.1) is 24.3 Å². The third-order valence-corrected chi connectivity index (χ3v) is 1.49. The minimum Gasteiger partial charge on any atom is -0.419 e. The van der Waals surface area contributed by atoms with Gasteiger partial charge in [0, 0.05) is 32.7 Å². The summed E-state index contributed by atoms with van der Waals surface area (Å²) in [5.41, 5.74) is 12.3. The zero-order valence-corrected chi connectivity index (χ0v) is 11.2. The Kier molecular flexibility index (Phi) is 7.97. The van der Waals surface area contributed by atoms with Gasteiger partial charge in [0.15, 0.2) is 0 Å². The van der Waals surface area contributed by atoms with Crippen molar-refractivity contribution < 1.29 is 32.7 Å². The number of nitrogens with two attached hydrogens (primary N) is 2. The Hall–Kier alpha value is -0.856. The molecule has 0 saturated carbocycles. The van der Waals surface area contributed by atoms with Crippen LogP contribution in [0.4, 0.5) is 11.4 Å². The third kappa shape index (κ3) is 7.12. The molecule has 3 heteroatoms. The second kappa shape index (κ2) is 8.45. The van der Waals surface area contributed by atoms with Crippen molar-refractivity contribution in [1.82, 2.24) is 0 Å². The predicted octanol–water partition coefficient (Wildman–Crippen LogP) is 2.14. The van der Waals surface area contributed by atoms with Crippen molar-refractivity contribution in [3.05, 3.63) is 60.7 Å². The fraction of sp³-hybridized carbons (Fsp3) is 0. The van der Waals surface area contributed by atoms with E-state index in [4.69, 9.17) is 11.5 Å². The summed E-state index contributed by atoms with van der Waals surface area (Å²) in [6.07, 6.45) is 0. The summed E-state index contributed by atoms with van der Waals surface area (Å²) >= 11 is 0. The summed E-state index contributed by atoms with van der Waals surface area (Å²) < 4.78 is 0. The maximum Gasteiger partial charge on any atom is 0 e. The van der Waals surface area contributed by atoms with E-state index < -0.39 is 0 Å². The van der Waals surface area contributed by atoms with E-state index in [1.165, 1.54) is 0 Å². The van der Waals surface area contributed by atoms with Crippen LogP contribution in [0.15, 0.2) is 48.5 Å². The van der Waals surface area contributed by atoms with Crippen LogP contribution in [-0.4, -0.2) is 0 Å². The Bertz CT molecular complexity index is 311. The molecule has 4 N–H and O–H groups in total. The molecule has 0 saturated heterocycles. The van der Waals surface area contributed by atoms with E-state index in [1.54, 1.807) is 48.5 Å². The van der Waals surface area contributed by atoms with Crippen LogP contribution in [0.2, 0.25) is 0 Å². The molecule has 15 heavy (non-hydrogen) atoms. The molecule has 2 nitrogen and oxygen atoms in total. The Morgan fingerprint density at radius 1 is 0.667 bits per heavy atom. The molecule has 0 fully saturated rings. The SMILES string of the molecule is Nc1cc[c-]cc1.Nc1cc[c-]cc1.[Y]. The largest absolute Gasteiger partial charge is 0.419 e. The molecule has 75 valence electrons. The molecule has 0 atom stereocenters. The van der Waals surface area contributed by atoms with E-state index in [2.05, 4.69) is 12.1 Å². The van der Waals surface area contributed by atoms with Gasteiger partial charge in [-0.3, -0.25) is 0 Å². The number of anilines is 2. The maximum atomic E-state index is 5.34.